The molecule has 0 saturated carbocycles. The van der Waals surface area contributed by atoms with E-state index in [-0.39, 0.29) is 11.5 Å². The summed E-state index contributed by atoms with van der Waals surface area (Å²) in [7, 11) is 0. The van der Waals surface area contributed by atoms with E-state index in [1.807, 2.05) is 5.48 Å². The van der Waals surface area contributed by atoms with Crippen molar-refractivity contribution in [3.8, 4) is 11.4 Å². The van der Waals surface area contributed by atoms with E-state index in [0.29, 0.717) is 28.4 Å². The van der Waals surface area contributed by atoms with Crippen LogP contribution in [-0.4, -0.2) is 19.6 Å². The van der Waals surface area contributed by atoms with Crippen LogP contribution in [0.5, 0.6) is 0 Å². The van der Waals surface area contributed by atoms with Crippen molar-refractivity contribution in [2.24, 2.45) is 0 Å². The van der Waals surface area contributed by atoms with Crippen LogP contribution < -0.4 is 10.8 Å². The molecule has 0 aliphatic heterocycles. The first kappa shape index (κ1) is 19.6. The van der Waals surface area contributed by atoms with Crippen LogP contribution in [0.15, 0.2) is 54.7 Å². The molecular weight excluding hydrogens is 402 g/mol. The highest BCUT2D eigenvalue weighted by Crippen LogP contribution is 2.32. The quantitative estimate of drug-likeness (QED) is 0.306. The van der Waals surface area contributed by atoms with E-state index in [1.54, 1.807) is 13.0 Å². The van der Waals surface area contributed by atoms with Crippen molar-refractivity contribution in [3.05, 3.63) is 71.8 Å². The van der Waals surface area contributed by atoms with Gasteiger partial charge in [0.05, 0.1) is 28.3 Å². The number of anilines is 3. The lowest BCUT2D eigenvalue weighted by Gasteiger charge is -2.12. The first-order valence-corrected chi connectivity index (χ1v) is 8.75. The van der Waals surface area contributed by atoms with Gasteiger partial charge in [-0.1, -0.05) is 0 Å². The normalized spacial score (nSPS) is 11.7. The SMILES string of the molecule is Cc1nc2ccc(F)cn2c1-c1cc(NO)cc(Nc2ccc(C(F)(F)F)cc2)n1. The van der Waals surface area contributed by atoms with Gasteiger partial charge in [-0.05, 0) is 49.4 Å². The molecule has 0 saturated heterocycles. The fraction of sp³-hybridized carbons (Fsp3) is 0.100. The zero-order valence-electron chi connectivity index (χ0n) is 15.5. The number of pyridine rings is 2. The number of imidazole rings is 1. The van der Waals surface area contributed by atoms with E-state index in [0.717, 1.165) is 12.1 Å². The standard InChI is InChI=1S/C20H15F4N5O/c1-11-19(29-10-13(21)4-7-18(29)25-11)16-8-15(28-30)9-17(27-16)26-14-5-2-12(3-6-14)20(22,23)24/h2-10,30H,1H3,(H2,26,27,28). The Morgan fingerprint density at radius 2 is 1.70 bits per heavy atom. The van der Waals surface area contributed by atoms with E-state index >= 15 is 0 Å². The second kappa shape index (κ2) is 7.30. The number of hydrogen-bond donors (Lipinski definition) is 3. The maximum Gasteiger partial charge on any atom is 0.416 e. The van der Waals surface area contributed by atoms with Crippen LogP contribution in [0, 0.1) is 12.7 Å². The van der Waals surface area contributed by atoms with Gasteiger partial charge in [0.2, 0.25) is 0 Å². The molecule has 0 radical (unpaired) electrons. The Labute approximate surface area is 167 Å². The van der Waals surface area contributed by atoms with Crippen molar-refractivity contribution < 1.29 is 22.8 Å². The van der Waals surface area contributed by atoms with E-state index < -0.39 is 17.6 Å². The molecule has 0 atom stereocenters. The van der Waals surface area contributed by atoms with Gasteiger partial charge < -0.3 is 5.32 Å². The number of nitrogens with one attached hydrogen (secondary N) is 2. The zero-order chi connectivity index (χ0) is 21.5. The van der Waals surface area contributed by atoms with Crippen LogP contribution in [0.4, 0.5) is 34.8 Å². The van der Waals surface area contributed by atoms with Crippen LogP contribution in [0.2, 0.25) is 0 Å². The number of nitrogens with zero attached hydrogens (tertiary/aromatic N) is 3. The molecule has 1 aromatic carbocycles. The number of hydrogen-bond acceptors (Lipinski definition) is 5. The molecule has 0 aliphatic rings. The van der Waals surface area contributed by atoms with Crippen LogP contribution in [-0.2, 0) is 6.18 Å². The van der Waals surface area contributed by atoms with Gasteiger partial charge in [0.1, 0.15) is 17.3 Å². The third-order valence-electron chi connectivity index (χ3n) is 4.44. The number of benzene rings is 1. The van der Waals surface area contributed by atoms with Gasteiger partial charge in [0.25, 0.3) is 0 Å². The lowest BCUT2D eigenvalue weighted by molar-refractivity contribution is -0.137. The van der Waals surface area contributed by atoms with Crippen molar-refractivity contribution in [2.75, 3.05) is 10.8 Å². The molecule has 6 nitrogen and oxygen atoms in total. The summed E-state index contributed by atoms with van der Waals surface area (Å²) in [5.74, 6) is -0.199. The second-order valence-electron chi connectivity index (χ2n) is 6.56. The van der Waals surface area contributed by atoms with Gasteiger partial charge in [-0.3, -0.25) is 15.1 Å². The Balaban J connectivity index is 1.75. The summed E-state index contributed by atoms with van der Waals surface area (Å²) < 4.78 is 53.5. The fourth-order valence-electron chi connectivity index (χ4n) is 3.12. The first-order valence-electron chi connectivity index (χ1n) is 8.75. The Bertz CT molecular complexity index is 1220. The molecule has 0 bridgehead atoms. The summed E-state index contributed by atoms with van der Waals surface area (Å²) in [5.41, 5.74) is 3.90. The van der Waals surface area contributed by atoms with E-state index in [2.05, 4.69) is 15.3 Å². The molecule has 4 aromatic rings. The first-order chi connectivity index (χ1) is 14.2. The van der Waals surface area contributed by atoms with Crippen LogP contribution in [0.25, 0.3) is 17.0 Å². The number of fused-ring (bicyclic) bond motifs is 1. The Morgan fingerprint density at radius 3 is 2.37 bits per heavy atom. The Morgan fingerprint density at radius 1 is 0.967 bits per heavy atom. The van der Waals surface area contributed by atoms with E-state index in [1.165, 1.54) is 40.9 Å². The average Bonchev–Trinajstić information content (AvgIpc) is 3.02. The van der Waals surface area contributed by atoms with Gasteiger partial charge >= 0.3 is 6.18 Å². The molecule has 154 valence electrons. The molecule has 0 spiro atoms. The Kier molecular flexibility index (Phi) is 4.78. The number of rotatable bonds is 4. The summed E-state index contributed by atoms with van der Waals surface area (Å²) in [5, 5.41) is 12.3. The molecule has 4 rings (SSSR count). The summed E-state index contributed by atoms with van der Waals surface area (Å²) in [4.78, 5) is 8.84. The summed E-state index contributed by atoms with van der Waals surface area (Å²) >= 11 is 0. The van der Waals surface area contributed by atoms with Crippen molar-refractivity contribution in [2.45, 2.75) is 13.1 Å². The number of halogens is 4. The van der Waals surface area contributed by atoms with Crippen LogP contribution in [0.1, 0.15) is 11.3 Å². The average molecular weight is 417 g/mol. The van der Waals surface area contributed by atoms with Gasteiger partial charge in [0, 0.05) is 18.0 Å². The highest BCUT2D eigenvalue weighted by atomic mass is 19.4. The monoisotopic (exact) mass is 417 g/mol. The molecule has 3 heterocycles. The second-order valence-corrected chi connectivity index (χ2v) is 6.56. The van der Waals surface area contributed by atoms with Crippen molar-refractivity contribution in [1.29, 1.82) is 0 Å². The number of aryl methyl sites for hydroxylation is 1. The highest BCUT2D eigenvalue weighted by molar-refractivity contribution is 5.71. The van der Waals surface area contributed by atoms with Gasteiger partial charge in [-0.25, -0.2) is 14.4 Å². The molecular formula is C20H15F4N5O. The van der Waals surface area contributed by atoms with Crippen molar-refractivity contribution in [1.82, 2.24) is 14.4 Å². The number of alkyl halides is 3. The molecule has 0 fully saturated rings. The Hall–Kier alpha value is -3.66. The fourth-order valence-corrected chi connectivity index (χ4v) is 3.12. The van der Waals surface area contributed by atoms with Crippen LogP contribution in [0.3, 0.4) is 0 Å². The summed E-state index contributed by atoms with van der Waals surface area (Å²) in [6.07, 6.45) is -3.16. The lowest BCUT2D eigenvalue weighted by Crippen LogP contribution is -2.05. The lowest BCUT2D eigenvalue weighted by atomic mass is 10.2. The minimum atomic E-state index is -4.43. The minimum absolute atomic E-state index is 0.259. The van der Waals surface area contributed by atoms with E-state index in [4.69, 9.17) is 0 Å². The molecule has 0 amide bonds. The van der Waals surface area contributed by atoms with Crippen LogP contribution >= 0.6 is 0 Å². The topological polar surface area (TPSA) is 74.5 Å². The molecule has 0 aliphatic carbocycles. The smallest absolute Gasteiger partial charge is 0.340 e. The molecule has 3 aromatic heterocycles. The molecule has 30 heavy (non-hydrogen) atoms. The number of aromatic nitrogens is 3. The molecule has 10 heteroatoms. The van der Waals surface area contributed by atoms with Gasteiger partial charge in [-0.15, -0.1) is 0 Å². The molecule has 0 unspecified atom stereocenters. The van der Waals surface area contributed by atoms with E-state index in [9.17, 15) is 22.8 Å². The predicted molar refractivity (Wildman–Crippen MR) is 103 cm³/mol. The third-order valence-corrected chi connectivity index (χ3v) is 4.44. The van der Waals surface area contributed by atoms with Crippen molar-refractivity contribution in [3.63, 3.8) is 0 Å². The minimum Gasteiger partial charge on any atom is -0.340 e. The third kappa shape index (κ3) is 3.77. The van der Waals surface area contributed by atoms with Gasteiger partial charge in [0.15, 0.2) is 0 Å². The highest BCUT2D eigenvalue weighted by Gasteiger charge is 2.30. The van der Waals surface area contributed by atoms with Crippen molar-refractivity contribution >= 4 is 22.8 Å². The summed E-state index contributed by atoms with van der Waals surface area (Å²) in [6, 6.07) is 10.3. The predicted octanol–water partition coefficient (Wildman–Crippen LogP) is 5.41. The summed E-state index contributed by atoms with van der Waals surface area (Å²) in [6.45, 7) is 1.74. The maximum atomic E-state index is 13.8. The zero-order valence-corrected chi connectivity index (χ0v) is 15.5. The maximum absolute atomic E-state index is 13.8. The molecule has 3 N–H and O–H groups in total. The van der Waals surface area contributed by atoms with Gasteiger partial charge in [-0.2, -0.15) is 13.2 Å². The largest absolute Gasteiger partial charge is 0.416 e.